The van der Waals surface area contributed by atoms with Crippen LogP contribution >= 0.6 is 0 Å². The molecule has 1 saturated heterocycles. The lowest BCUT2D eigenvalue weighted by Crippen LogP contribution is -2.47. The largest absolute Gasteiger partial charge is 0.453 e. The summed E-state index contributed by atoms with van der Waals surface area (Å²) < 4.78 is 11.0. The second-order valence-electron chi connectivity index (χ2n) is 7.76. The molecule has 2 aliphatic carbocycles. The van der Waals surface area contributed by atoms with Gasteiger partial charge in [0, 0.05) is 12.0 Å². The molecule has 0 N–H and O–H groups in total. The molecule has 1 aromatic carbocycles. The molecule has 5 heteroatoms. The highest BCUT2D eigenvalue weighted by atomic mass is 16.5. The number of fused-ring (bicyclic) bond motifs is 1. The highest BCUT2D eigenvalue weighted by Gasteiger charge is 2.55. The van der Waals surface area contributed by atoms with Gasteiger partial charge in [-0.15, -0.1) is 0 Å². The number of likely N-dealkylation sites (tertiary alicyclic amines) is 1. The lowest BCUT2D eigenvalue weighted by molar-refractivity contribution is -0.125. The zero-order valence-corrected chi connectivity index (χ0v) is 15.3. The van der Waals surface area contributed by atoms with Gasteiger partial charge in [-0.05, 0) is 50.0 Å². The van der Waals surface area contributed by atoms with E-state index in [0.29, 0.717) is 12.5 Å². The van der Waals surface area contributed by atoms with Crippen molar-refractivity contribution in [3.05, 3.63) is 35.9 Å². The van der Waals surface area contributed by atoms with E-state index in [1.54, 1.807) is 4.90 Å². The molecule has 1 aliphatic heterocycles. The minimum Gasteiger partial charge on any atom is -0.453 e. The minimum atomic E-state index is -0.466. The number of Topliss-reactive ketones (excluding diaryl/α,β-unsaturated/α-hetero) is 1. The van der Waals surface area contributed by atoms with Gasteiger partial charge >= 0.3 is 6.09 Å². The van der Waals surface area contributed by atoms with Crippen LogP contribution in [0, 0.1) is 5.92 Å². The standard InChI is InChI=1S/C21H27NO4/c1-25-21(24)22-18-12-11-17(18)20(23)19(22)13-26-16-9-7-15(8-10-16)14-5-3-2-4-6-14/h2-6,15-19H,7-13H2,1H3. The number of carbonyl (C=O) groups excluding carboxylic acids is 2. The molecule has 3 fully saturated rings. The van der Waals surface area contributed by atoms with Crippen molar-refractivity contribution in [3.63, 3.8) is 0 Å². The first-order valence-electron chi connectivity index (χ1n) is 9.75. The summed E-state index contributed by atoms with van der Waals surface area (Å²) in [5.74, 6) is 0.757. The molecule has 2 saturated carbocycles. The molecule has 140 valence electrons. The summed E-state index contributed by atoms with van der Waals surface area (Å²) >= 11 is 0. The van der Waals surface area contributed by atoms with Crippen LogP contribution in [-0.4, -0.2) is 48.7 Å². The van der Waals surface area contributed by atoms with E-state index in [2.05, 4.69) is 30.3 Å². The van der Waals surface area contributed by atoms with Crippen LogP contribution in [0.15, 0.2) is 30.3 Å². The minimum absolute atomic E-state index is 0.00323. The Morgan fingerprint density at radius 3 is 2.42 bits per heavy atom. The van der Waals surface area contributed by atoms with E-state index < -0.39 is 12.1 Å². The van der Waals surface area contributed by atoms with E-state index in [0.717, 1.165) is 38.5 Å². The van der Waals surface area contributed by atoms with Crippen molar-refractivity contribution < 1.29 is 19.1 Å². The zero-order chi connectivity index (χ0) is 18.1. The van der Waals surface area contributed by atoms with Crippen LogP contribution in [0.5, 0.6) is 0 Å². The number of nitrogens with zero attached hydrogens (tertiary/aromatic N) is 1. The zero-order valence-electron chi connectivity index (χ0n) is 15.3. The van der Waals surface area contributed by atoms with Gasteiger partial charge in [0.05, 0.1) is 19.8 Å². The quantitative estimate of drug-likeness (QED) is 0.827. The highest BCUT2D eigenvalue weighted by molar-refractivity contribution is 5.94. The summed E-state index contributed by atoms with van der Waals surface area (Å²) in [7, 11) is 1.38. The lowest BCUT2D eigenvalue weighted by atomic mass is 9.79. The fourth-order valence-corrected chi connectivity index (χ4v) is 4.81. The normalized spacial score (nSPS) is 33.5. The maximum Gasteiger partial charge on any atom is 0.410 e. The second-order valence-corrected chi connectivity index (χ2v) is 7.76. The Balaban J connectivity index is 1.31. The van der Waals surface area contributed by atoms with Crippen LogP contribution in [0.2, 0.25) is 0 Å². The van der Waals surface area contributed by atoms with Crippen molar-refractivity contribution in [2.24, 2.45) is 5.92 Å². The van der Waals surface area contributed by atoms with Gasteiger partial charge in [0.25, 0.3) is 0 Å². The molecule has 0 aromatic heterocycles. The van der Waals surface area contributed by atoms with E-state index in [4.69, 9.17) is 9.47 Å². The van der Waals surface area contributed by atoms with E-state index in [-0.39, 0.29) is 23.8 Å². The van der Waals surface area contributed by atoms with Crippen LogP contribution < -0.4 is 0 Å². The van der Waals surface area contributed by atoms with Gasteiger partial charge in [0.15, 0.2) is 5.78 Å². The Kier molecular flexibility index (Phi) is 4.98. The number of methoxy groups -OCH3 is 1. The molecule has 1 heterocycles. The molecule has 4 rings (SSSR count). The average Bonchev–Trinajstić information content (AvgIpc) is 2.85. The predicted octanol–water partition coefficient (Wildman–Crippen LogP) is 3.53. The van der Waals surface area contributed by atoms with Gasteiger partial charge in [-0.2, -0.15) is 0 Å². The molecule has 1 amide bonds. The van der Waals surface area contributed by atoms with Gasteiger partial charge < -0.3 is 9.47 Å². The molecule has 3 aliphatic rings. The van der Waals surface area contributed by atoms with Crippen molar-refractivity contribution in [1.29, 1.82) is 0 Å². The molecule has 26 heavy (non-hydrogen) atoms. The number of rotatable bonds is 4. The third kappa shape index (κ3) is 3.13. The molecule has 3 unspecified atom stereocenters. The highest BCUT2D eigenvalue weighted by Crippen LogP contribution is 2.42. The van der Waals surface area contributed by atoms with Crippen molar-refractivity contribution >= 4 is 11.9 Å². The molecule has 3 atom stereocenters. The molecule has 0 bridgehead atoms. The van der Waals surface area contributed by atoms with Gasteiger partial charge in [-0.1, -0.05) is 30.3 Å². The third-order valence-electron chi connectivity index (χ3n) is 6.45. The van der Waals surface area contributed by atoms with E-state index in [9.17, 15) is 9.59 Å². The fraction of sp³-hybridized carbons (Fsp3) is 0.619. The number of ether oxygens (including phenoxy) is 2. The third-order valence-corrected chi connectivity index (χ3v) is 6.45. The number of carbonyl (C=O) groups is 2. The van der Waals surface area contributed by atoms with E-state index >= 15 is 0 Å². The van der Waals surface area contributed by atoms with E-state index in [1.807, 2.05) is 0 Å². The maximum atomic E-state index is 12.6. The number of benzene rings is 1. The smallest absolute Gasteiger partial charge is 0.410 e. The number of hydrogen-bond donors (Lipinski definition) is 0. The Hall–Kier alpha value is -1.88. The summed E-state index contributed by atoms with van der Waals surface area (Å²) in [6.45, 7) is 0.307. The number of amides is 1. The number of hydrogen-bond acceptors (Lipinski definition) is 4. The Labute approximate surface area is 154 Å². The molecular weight excluding hydrogens is 330 g/mol. The number of ketones is 1. The second kappa shape index (κ2) is 7.39. The predicted molar refractivity (Wildman–Crippen MR) is 96.9 cm³/mol. The van der Waals surface area contributed by atoms with Crippen molar-refractivity contribution in [2.75, 3.05) is 13.7 Å². The average molecular weight is 357 g/mol. The van der Waals surface area contributed by atoms with Crippen LogP contribution in [0.25, 0.3) is 0 Å². The van der Waals surface area contributed by atoms with Crippen LogP contribution in [-0.2, 0) is 14.3 Å². The van der Waals surface area contributed by atoms with Crippen molar-refractivity contribution in [2.45, 2.75) is 62.6 Å². The van der Waals surface area contributed by atoms with Gasteiger partial charge in [0.2, 0.25) is 0 Å². The summed E-state index contributed by atoms with van der Waals surface area (Å²) in [6, 6.07) is 10.2. The van der Waals surface area contributed by atoms with Gasteiger partial charge in [-0.3, -0.25) is 9.69 Å². The monoisotopic (exact) mass is 357 g/mol. The van der Waals surface area contributed by atoms with Crippen molar-refractivity contribution in [1.82, 2.24) is 4.90 Å². The van der Waals surface area contributed by atoms with Crippen molar-refractivity contribution in [3.8, 4) is 0 Å². The van der Waals surface area contributed by atoms with Crippen LogP contribution in [0.3, 0.4) is 0 Å². The van der Waals surface area contributed by atoms with Crippen LogP contribution in [0.4, 0.5) is 4.79 Å². The first kappa shape index (κ1) is 17.5. The molecule has 5 nitrogen and oxygen atoms in total. The van der Waals surface area contributed by atoms with Crippen LogP contribution in [0.1, 0.15) is 50.0 Å². The lowest BCUT2D eigenvalue weighted by Gasteiger charge is -2.35. The Morgan fingerprint density at radius 1 is 1.08 bits per heavy atom. The first-order valence-corrected chi connectivity index (χ1v) is 9.75. The fourth-order valence-electron chi connectivity index (χ4n) is 4.81. The molecular formula is C21H27NO4. The van der Waals surface area contributed by atoms with E-state index in [1.165, 1.54) is 12.7 Å². The summed E-state index contributed by atoms with van der Waals surface area (Å²) in [4.78, 5) is 26.3. The summed E-state index contributed by atoms with van der Waals surface area (Å²) in [5.41, 5.74) is 1.41. The molecule has 0 spiro atoms. The maximum absolute atomic E-state index is 12.6. The van der Waals surface area contributed by atoms with Gasteiger partial charge in [-0.25, -0.2) is 4.79 Å². The first-order chi connectivity index (χ1) is 12.7. The Bertz CT molecular complexity index is 653. The molecule has 1 aromatic rings. The Morgan fingerprint density at radius 2 is 1.81 bits per heavy atom. The summed E-state index contributed by atoms with van der Waals surface area (Å²) in [6.07, 6.45) is 5.79. The summed E-state index contributed by atoms with van der Waals surface area (Å²) in [5, 5.41) is 0. The van der Waals surface area contributed by atoms with Gasteiger partial charge in [0.1, 0.15) is 6.04 Å². The molecule has 0 radical (unpaired) electrons. The topological polar surface area (TPSA) is 55.8 Å². The SMILES string of the molecule is COC(=O)N1C(COC2CCC(c3ccccc3)CC2)C(=O)C2CCC21.